The number of anilines is 2. The molecule has 0 amide bonds. The molecule has 4 rings (SSSR count). The highest BCUT2D eigenvalue weighted by molar-refractivity contribution is 6.30. The SMILES string of the molecule is CCn1cnc2c(Nc3cccc(Cl)c3)nc(C3CCCNN3)nc21. The molecule has 1 atom stereocenters. The van der Waals surface area contributed by atoms with Gasteiger partial charge in [0, 0.05) is 23.8 Å². The topological polar surface area (TPSA) is 79.7 Å². The van der Waals surface area contributed by atoms with Gasteiger partial charge in [0.1, 0.15) is 0 Å². The number of benzene rings is 1. The van der Waals surface area contributed by atoms with Crippen LogP contribution in [0.5, 0.6) is 0 Å². The van der Waals surface area contributed by atoms with Gasteiger partial charge in [0.2, 0.25) is 0 Å². The lowest BCUT2D eigenvalue weighted by Crippen LogP contribution is -2.41. The van der Waals surface area contributed by atoms with Crippen molar-refractivity contribution in [2.24, 2.45) is 0 Å². The Morgan fingerprint density at radius 2 is 2.28 bits per heavy atom. The van der Waals surface area contributed by atoms with Gasteiger partial charge < -0.3 is 9.88 Å². The van der Waals surface area contributed by atoms with Gasteiger partial charge >= 0.3 is 0 Å². The standard InChI is InChI=1S/C17H20ClN7/c1-2-25-10-19-14-16(21-12-6-3-5-11(18)9-12)22-15(23-17(14)25)13-7-4-8-20-24-13/h3,5-6,9-10,13,20,24H,2,4,7-8H2,1H3,(H,21,22,23). The van der Waals surface area contributed by atoms with E-state index in [9.17, 15) is 0 Å². The number of fused-ring (bicyclic) bond motifs is 1. The van der Waals surface area contributed by atoms with E-state index in [0.29, 0.717) is 10.8 Å². The number of imidazole rings is 1. The summed E-state index contributed by atoms with van der Waals surface area (Å²) in [7, 11) is 0. The normalized spacial score (nSPS) is 17.8. The Balaban J connectivity index is 1.79. The van der Waals surface area contributed by atoms with Gasteiger partial charge in [-0.1, -0.05) is 17.7 Å². The van der Waals surface area contributed by atoms with Crippen LogP contribution < -0.4 is 16.2 Å². The van der Waals surface area contributed by atoms with Gasteiger partial charge in [-0.05, 0) is 38.0 Å². The number of halogens is 1. The molecular formula is C17H20ClN7. The van der Waals surface area contributed by atoms with Crippen molar-refractivity contribution < 1.29 is 0 Å². The summed E-state index contributed by atoms with van der Waals surface area (Å²) < 4.78 is 2.03. The Morgan fingerprint density at radius 1 is 1.36 bits per heavy atom. The fourth-order valence-electron chi connectivity index (χ4n) is 2.99. The van der Waals surface area contributed by atoms with E-state index in [4.69, 9.17) is 21.6 Å². The maximum absolute atomic E-state index is 6.10. The molecule has 0 saturated carbocycles. The van der Waals surface area contributed by atoms with E-state index >= 15 is 0 Å². The zero-order valence-corrected chi connectivity index (χ0v) is 14.7. The predicted molar refractivity (Wildman–Crippen MR) is 98.8 cm³/mol. The largest absolute Gasteiger partial charge is 0.338 e. The molecule has 1 unspecified atom stereocenters. The van der Waals surface area contributed by atoms with Crippen LogP contribution in [0.3, 0.4) is 0 Å². The Hall–Kier alpha value is -2.22. The quantitative estimate of drug-likeness (QED) is 0.665. The third kappa shape index (κ3) is 3.30. The second-order valence-electron chi connectivity index (χ2n) is 6.03. The molecule has 8 heteroatoms. The summed E-state index contributed by atoms with van der Waals surface area (Å²) in [6.07, 6.45) is 3.89. The third-order valence-electron chi connectivity index (χ3n) is 4.29. The predicted octanol–water partition coefficient (Wildman–Crippen LogP) is 3.17. The van der Waals surface area contributed by atoms with Crippen LogP contribution in [0.2, 0.25) is 5.02 Å². The molecule has 0 bridgehead atoms. The van der Waals surface area contributed by atoms with Crippen LogP contribution in [0.1, 0.15) is 31.6 Å². The average molecular weight is 358 g/mol. The average Bonchev–Trinajstić information content (AvgIpc) is 3.06. The molecule has 1 aliphatic heterocycles. The van der Waals surface area contributed by atoms with E-state index in [1.807, 2.05) is 28.8 Å². The highest BCUT2D eigenvalue weighted by Crippen LogP contribution is 2.27. The minimum absolute atomic E-state index is 0.0817. The first-order valence-corrected chi connectivity index (χ1v) is 8.86. The van der Waals surface area contributed by atoms with Crippen molar-refractivity contribution in [3.63, 3.8) is 0 Å². The molecule has 0 spiro atoms. The van der Waals surface area contributed by atoms with Crippen LogP contribution in [0, 0.1) is 0 Å². The number of rotatable bonds is 4. The van der Waals surface area contributed by atoms with Gasteiger partial charge in [-0.15, -0.1) is 0 Å². The Morgan fingerprint density at radius 3 is 3.04 bits per heavy atom. The molecule has 7 nitrogen and oxygen atoms in total. The first kappa shape index (κ1) is 16.3. The molecule has 3 aromatic rings. The fraction of sp³-hybridized carbons (Fsp3) is 0.353. The van der Waals surface area contributed by atoms with E-state index < -0.39 is 0 Å². The molecule has 1 saturated heterocycles. The lowest BCUT2D eigenvalue weighted by molar-refractivity contribution is 0.339. The molecular weight excluding hydrogens is 338 g/mol. The zero-order chi connectivity index (χ0) is 17.2. The molecule has 1 aromatic carbocycles. The van der Waals surface area contributed by atoms with Crippen molar-refractivity contribution in [2.45, 2.75) is 32.4 Å². The van der Waals surface area contributed by atoms with Crippen LogP contribution in [-0.2, 0) is 6.54 Å². The fourth-order valence-corrected chi connectivity index (χ4v) is 3.18. The Labute approximate surface area is 150 Å². The van der Waals surface area contributed by atoms with Gasteiger partial charge in [0.05, 0.1) is 12.4 Å². The molecule has 0 aliphatic carbocycles. The van der Waals surface area contributed by atoms with Crippen molar-refractivity contribution >= 4 is 34.3 Å². The Bertz CT molecular complexity index is 886. The number of aryl methyl sites for hydroxylation is 1. The van der Waals surface area contributed by atoms with E-state index in [1.54, 1.807) is 6.33 Å². The van der Waals surface area contributed by atoms with E-state index in [2.05, 4.69) is 28.1 Å². The summed E-state index contributed by atoms with van der Waals surface area (Å²) in [6, 6.07) is 7.65. The second kappa shape index (κ2) is 6.95. The highest BCUT2D eigenvalue weighted by Gasteiger charge is 2.21. The maximum atomic E-state index is 6.10. The summed E-state index contributed by atoms with van der Waals surface area (Å²) in [4.78, 5) is 14.0. The highest BCUT2D eigenvalue weighted by atomic mass is 35.5. The van der Waals surface area contributed by atoms with Crippen LogP contribution in [0.4, 0.5) is 11.5 Å². The summed E-state index contributed by atoms with van der Waals surface area (Å²) in [5.41, 5.74) is 8.94. The summed E-state index contributed by atoms with van der Waals surface area (Å²) >= 11 is 6.10. The lowest BCUT2D eigenvalue weighted by Gasteiger charge is -2.23. The third-order valence-corrected chi connectivity index (χ3v) is 4.53. The molecule has 2 aromatic heterocycles. The number of hydrazine groups is 1. The number of aromatic nitrogens is 4. The molecule has 1 fully saturated rings. The lowest BCUT2D eigenvalue weighted by atomic mass is 10.1. The van der Waals surface area contributed by atoms with Crippen LogP contribution in [0.25, 0.3) is 11.2 Å². The van der Waals surface area contributed by atoms with Crippen LogP contribution >= 0.6 is 11.6 Å². The van der Waals surface area contributed by atoms with Gasteiger partial charge in [-0.3, -0.25) is 5.43 Å². The molecule has 130 valence electrons. The first-order chi connectivity index (χ1) is 12.2. The van der Waals surface area contributed by atoms with Crippen LogP contribution in [0.15, 0.2) is 30.6 Å². The molecule has 3 N–H and O–H groups in total. The Kier molecular flexibility index (Phi) is 4.52. The maximum Gasteiger partial charge on any atom is 0.165 e. The van der Waals surface area contributed by atoms with Crippen molar-refractivity contribution in [1.29, 1.82) is 0 Å². The summed E-state index contributed by atoms with van der Waals surface area (Å²) in [5.74, 6) is 1.46. The van der Waals surface area contributed by atoms with Gasteiger partial charge in [0.15, 0.2) is 22.8 Å². The molecule has 0 radical (unpaired) electrons. The number of hydrogen-bond acceptors (Lipinski definition) is 6. The van der Waals surface area contributed by atoms with Crippen molar-refractivity contribution in [1.82, 2.24) is 30.4 Å². The zero-order valence-electron chi connectivity index (χ0n) is 14.0. The van der Waals surface area contributed by atoms with E-state index in [1.165, 1.54) is 0 Å². The molecule has 3 heterocycles. The van der Waals surface area contributed by atoms with Crippen molar-refractivity contribution in [3.05, 3.63) is 41.4 Å². The molecule has 25 heavy (non-hydrogen) atoms. The number of hydrogen-bond donors (Lipinski definition) is 3. The minimum Gasteiger partial charge on any atom is -0.338 e. The summed E-state index contributed by atoms with van der Waals surface area (Å²) in [6.45, 7) is 3.84. The number of nitrogens with one attached hydrogen (secondary N) is 3. The van der Waals surface area contributed by atoms with Crippen LogP contribution in [-0.4, -0.2) is 26.1 Å². The second-order valence-corrected chi connectivity index (χ2v) is 6.47. The molecule has 1 aliphatic rings. The monoisotopic (exact) mass is 357 g/mol. The van der Waals surface area contributed by atoms with E-state index in [-0.39, 0.29) is 6.04 Å². The van der Waals surface area contributed by atoms with Crippen molar-refractivity contribution in [2.75, 3.05) is 11.9 Å². The minimum atomic E-state index is 0.0817. The van der Waals surface area contributed by atoms with Gasteiger partial charge in [-0.25, -0.2) is 20.4 Å². The van der Waals surface area contributed by atoms with E-state index in [0.717, 1.165) is 48.6 Å². The van der Waals surface area contributed by atoms with Gasteiger partial charge in [0.25, 0.3) is 0 Å². The smallest absolute Gasteiger partial charge is 0.165 e. The first-order valence-electron chi connectivity index (χ1n) is 8.48. The van der Waals surface area contributed by atoms with Gasteiger partial charge in [-0.2, -0.15) is 0 Å². The van der Waals surface area contributed by atoms with Crippen molar-refractivity contribution in [3.8, 4) is 0 Å². The number of nitrogens with zero attached hydrogens (tertiary/aromatic N) is 4. The summed E-state index contributed by atoms with van der Waals surface area (Å²) in [5, 5.41) is 4.02.